The van der Waals surface area contributed by atoms with Crippen molar-refractivity contribution in [3.05, 3.63) is 52.7 Å². The van der Waals surface area contributed by atoms with Gasteiger partial charge in [0, 0.05) is 26.1 Å². The zero-order valence-corrected chi connectivity index (χ0v) is 16.3. The van der Waals surface area contributed by atoms with E-state index < -0.39 is 0 Å². The number of nitrogens with zero attached hydrogens (tertiary/aromatic N) is 5. The largest absolute Gasteiger partial charge is 0.342 e. The maximum Gasteiger partial charge on any atom is 0.264 e. The lowest BCUT2D eigenvalue weighted by molar-refractivity contribution is -0.133. The van der Waals surface area contributed by atoms with Crippen LogP contribution in [0.2, 0.25) is 0 Å². The Morgan fingerprint density at radius 1 is 1.25 bits per heavy atom. The molecule has 3 heterocycles. The predicted octanol–water partition coefficient (Wildman–Crippen LogP) is 2.54. The second-order valence-corrected chi connectivity index (χ2v) is 7.71. The van der Waals surface area contributed by atoms with Gasteiger partial charge in [-0.05, 0) is 37.8 Å². The Morgan fingerprint density at radius 3 is 2.79 bits per heavy atom. The van der Waals surface area contributed by atoms with Gasteiger partial charge in [0.15, 0.2) is 5.65 Å². The van der Waals surface area contributed by atoms with Gasteiger partial charge in [-0.25, -0.2) is 9.67 Å². The third-order valence-corrected chi connectivity index (χ3v) is 5.41. The van der Waals surface area contributed by atoms with Crippen molar-refractivity contribution in [2.75, 3.05) is 13.1 Å². The van der Waals surface area contributed by atoms with Gasteiger partial charge in [-0.1, -0.05) is 24.6 Å². The Labute approximate surface area is 163 Å². The number of fused-ring (bicyclic) bond motifs is 1. The molecular weight excluding hydrogens is 354 g/mol. The van der Waals surface area contributed by atoms with E-state index in [1.54, 1.807) is 10.9 Å². The molecule has 1 aliphatic heterocycles. The van der Waals surface area contributed by atoms with Crippen molar-refractivity contribution in [2.24, 2.45) is 5.92 Å². The average Bonchev–Trinajstić information content (AvgIpc) is 3.13. The second-order valence-electron chi connectivity index (χ2n) is 7.71. The van der Waals surface area contributed by atoms with Crippen molar-refractivity contribution < 1.29 is 4.79 Å². The van der Waals surface area contributed by atoms with E-state index in [1.807, 2.05) is 36.1 Å². The molecule has 28 heavy (non-hydrogen) atoms. The summed E-state index contributed by atoms with van der Waals surface area (Å²) < 4.78 is 3.18. The highest BCUT2D eigenvalue weighted by molar-refractivity contribution is 5.77. The second kappa shape index (κ2) is 7.58. The number of amides is 1. The van der Waals surface area contributed by atoms with Crippen molar-refractivity contribution in [1.82, 2.24) is 24.2 Å². The molecule has 7 heteroatoms. The molecule has 3 aromatic rings. The Hall–Kier alpha value is -2.96. The van der Waals surface area contributed by atoms with Crippen LogP contribution in [0.5, 0.6) is 0 Å². The van der Waals surface area contributed by atoms with E-state index in [0.29, 0.717) is 29.9 Å². The highest BCUT2D eigenvalue weighted by atomic mass is 16.2. The summed E-state index contributed by atoms with van der Waals surface area (Å²) in [5, 5.41) is 4.80. The Morgan fingerprint density at radius 2 is 2.04 bits per heavy atom. The molecule has 146 valence electrons. The van der Waals surface area contributed by atoms with Gasteiger partial charge >= 0.3 is 0 Å². The van der Waals surface area contributed by atoms with Gasteiger partial charge in [0.05, 0.1) is 18.2 Å². The van der Waals surface area contributed by atoms with Crippen LogP contribution in [-0.4, -0.2) is 43.2 Å². The SMILES string of the molecule is Cc1ccc(-n2ncc3c(=O)n(CCC(=O)N4CCCC(C)C4)cnc32)cc1. The van der Waals surface area contributed by atoms with Gasteiger partial charge in [-0.3, -0.25) is 14.2 Å². The summed E-state index contributed by atoms with van der Waals surface area (Å²) in [5.41, 5.74) is 2.38. The molecule has 0 spiro atoms. The van der Waals surface area contributed by atoms with Gasteiger partial charge in [-0.15, -0.1) is 0 Å². The van der Waals surface area contributed by atoms with E-state index >= 15 is 0 Å². The topological polar surface area (TPSA) is 73.0 Å². The molecule has 0 radical (unpaired) electrons. The molecule has 0 bridgehead atoms. The fraction of sp³-hybridized carbons (Fsp3) is 0.429. The molecular formula is C21H25N5O2. The minimum absolute atomic E-state index is 0.105. The Kier molecular flexibility index (Phi) is 4.98. The van der Waals surface area contributed by atoms with Crippen LogP contribution in [0, 0.1) is 12.8 Å². The molecule has 1 amide bonds. The van der Waals surface area contributed by atoms with Crippen LogP contribution in [0.1, 0.15) is 31.7 Å². The van der Waals surface area contributed by atoms with Gasteiger partial charge in [0.1, 0.15) is 5.39 Å². The van der Waals surface area contributed by atoms with E-state index in [-0.39, 0.29) is 11.5 Å². The fourth-order valence-electron chi connectivity index (χ4n) is 3.77. The zero-order valence-electron chi connectivity index (χ0n) is 16.3. The third kappa shape index (κ3) is 3.56. The highest BCUT2D eigenvalue weighted by Gasteiger charge is 2.21. The molecule has 1 aromatic carbocycles. The number of carbonyl (C=O) groups is 1. The van der Waals surface area contributed by atoms with E-state index in [4.69, 9.17) is 0 Å². The Bertz CT molecular complexity index is 1050. The van der Waals surface area contributed by atoms with Gasteiger partial charge in [0.2, 0.25) is 5.91 Å². The minimum atomic E-state index is -0.164. The number of benzene rings is 1. The van der Waals surface area contributed by atoms with Gasteiger partial charge < -0.3 is 4.90 Å². The molecule has 1 atom stereocenters. The maximum absolute atomic E-state index is 12.8. The van der Waals surface area contributed by atoms with E-state index in [0.717, 1.165) is 30.8 Å². The predicted molar refractivity (Wildman–Crippen MR) is 107 cm³/mol. The van der Waals surface area contributed by atoms with Crippen LogP contribution >= 0.6 is 0 Å². The minimum Gasteiger partial charge on any atom is -0.342 e. The summed E-state index contributed by atoms with van der Waals surface area (Å²) in [6.45, 7) is 6.16. The van der Waals surface area contributed by atoms with Crippen LogP contribution in [0.4, 0.5) is 0 Å². The number of piperidine rings is 1. The average molecular weight is 379 g/mol. The van der Waals surface area contributed by atoms with Crippen molar-refractivity contribution in [1.29, 1.82) is 0 Å². The zero-order chi connectivity index (χ0) is 19.7. The summed E-state index contributed by atoms with van der Waals surface area (Å²) in [5.74, 6) is 0.653. The first-order chi connectivity index (χ1) is 13.5. The summed E-state index contributed by atoms with van der Waals surface area (Å²) in [7, 11) is 0. The van der Waals surface area contributed by atoms with Crippen molar-refractivity contribution >= 4 is 16.9 Å². The van der Waals surface area contributed by atoms with Crippen molar-refractivity contribution in [3.63, 3.8) is 0 Å². The molecule has 1 saturated heterocycles. The monoisotopic (exact) mass is 379 g/mol. The van der Waals surface area contributed by atoms with Crippen LogP contribution < -0.4 is 5.56 Å². The lowest BCUT2D eigenvalue weighted by Crippen LogP contribution is -2.39. The lowest BCUT2D eigenvalue weighted by atomic mass is 10.00. The first-order valence-electron chi connectivity index (χ1n) is 9.81. The van der Waals surface area contributed by atoms with E-state index in [1.165, 1.54) is 17.3 Å². The normalized spacial score (nSPS) is 17.2. The number of aryl methyl sites for hydroxylation is 2. The van der Waals surface area contributed by atoms with Crippen LogP contribution in [0.25, 0.3) is 16.7 Å². The molecule has 0 saturated carbocycles. The quantitative estimate of drug-likeness (QED) is 0.698. The molecule has 0 aliphatic carbocycles. The molecule has 1 aliphatic rings. The summed E-state index contributed by atoms with van der Waals surface area (Å²) in [4.78, 5) is 31.7. The number of carbonyl (C=O) groups excluding carboxylic acids is 1. The van der Waals surface area contributed by atoms with E-state index in [2.05, 4.69) is 17.0 Å². The highest BCUT2D eigenvalue weighted by Crippen LogP contribution is 2.17. The smallest absolute Gasteiger partial charge is 0.264 e. The fourth-order valence-corrected chi connectivity index (χ4v) is 3.77. The molecule has 0 N–H and O–H groups in total. The van der Waals surface area contributed by atoms with E-state index in [9.17, 15) is 9.59 Å². The molecule has 1 fully saturated rings. The molecule has 2 aromatic heterocycles. The first-order valence-corrected chi connectivity index (χ1v) is 9.81. The number of hydrogen-bond donors (Lipinski definition) is 0. The first kappa shape index (κ1) is 18.4. The Balaban J connectivity index is 1.53. The van der Waals surface area contributed by atoms with Crippen molar-refractivity contribution in [3.8, 4) is 5.69 Å². The van der Waals surface area contributed by atoms with Crippen molar-refractivity contribution in [2.45, 2.75) is 39.7 Å². The number of hydrogen-bond acceptors (Lipinski definition) is 4. The number of aromatic nitrogens is 4. The molecule has 4 rings (SSSR count). The number of rotatable bonds is 4. The molecule has 7 nitrogen and oxygen atoms in total. The van der Waals surface area contributed by atoms with Gasteiger partial charge in [-0.2, -0.15) is 5.10 Å². The standard InChI is InChI=1S/C21H25N5O2/c1-15-5-7-17(8-6-15)26-20-18(12-23-26)21(28)25(14-22-20)11-9-19(27)24-10-3-4-16(2)13-24/h5-8,12,14,16H,3-4,9-11,13H2,1-2H3. The maximum atomic E-state index is 12.8. The summed E-state index contributed by atoms with van der Waals surface area (Å²) in [6.07, 6.45) is 5.61. The van der Waals surface area contributed by atoms with Crippen LogP contribution in [-0.2, 0) is 11.3 Å². The van der Waals surface area contributed by atoms with Gasteiger partial charge in [0.25, 0.3) is 5.56 Å². The number of likely N-dealkylation sites (tertiary alicyclic amines) is 1. The lowest BCUT2D eigenvalue weighted by Gasteiger charge is -2.31. The summed E-state index contributed by atoms with van der Waals surface area (Å²) >= 11 is 0. The summed E-state index contributed by atoms with van der Waals surface area (Å²) in [6, 6.07) is 7.90. The third-order valence-electron chi connectivity index (χ3n) is 5.41. The van der Waals surface area contributed by atoms with Crippen LogP contribution in [0.15, 0.2) is 41.6 Å². The molecule has 1 unspecified atom stereocenters. The van der Waals surface area contributed by atoms with Crippen LogP contribution in [0.3, 0.4) is 0 Å².